The Bertz CT molecular complexity index is 918. The van der Waals surface area contributed by atoms with Crippen molar-refractivity contribution < 1.29 is 13.2 Å². The van der Waals surface area contributed by atoms with Crippen molar-refractivity contribution in [1.82, 2.24) is 20.2 Å². The third-order valence-corrected chi connectivity index (χ3v) is 5.07. The number of aryl methyl sites for hydroxylation is 2. The number of tetrazole rings is 1. The van der Waals surface area contributed by atoms with Crippen LogP contribution in [0.25, 0.3) is 0 Å². The van der Waals surface area contributed by atoms with E-state index in [4.69, 9.17) is 0 Å². The van der Waals surface area contributed by atoms with Gasteiger partial charge in [0, 0.05) is 32.5 Å². The molecule has 0 unspecified atom stereocenters. The molecule has 2 rings (SSSR count). The average molecular weight is 366 g/mol. The lowest BCUT2D eigenvalue weighted by molar-refractivity contribution is 0.102. The first-order valence-electron chi connectivity index (χ1n) is 7.67. The second-order valence-corrected chi connectivity index (χ2v) is 7.94. The largest absolute Gasteiger partial charge is 0.376 e. The van der Waals surface area contributed by atoms with Crippen LogP contribution in [0.1, 0.15) is 28.4 Å². The fourth-order valence-corrected chi connectivity index (χ4v) is 4.12. The van der Waals surface area contributed by atoms with Gasteiger partial charge >= 0.3 is 0 Å². The van der Waals surface area contributed by atoms with Crippen LogP contribution in [0.5, 0.6) is 0 Å². The topological polar surface area (TPSA) is 110 Å². The van der Waals surface area contributed by atoms with Crippen LogP contribution in [-0.4, -0.2) is 54.9 Å². The quantitative estimate of drug-likeness (QED) is 0.841. The lowest BCUT2D eigenvalue weighted by Crippen LogP contribution is -2.22. The number of nitrogens with one attached hydrogen (secondary N) is 1. The van der Waals surface area contributed by atoms with E-state index in [1.54, 1.807) is 38.9 Å². The summed E-state index contributed by atoms with van der Waals surface area (Å²) in [6.07, 6.45) is 1.16. The third-order valence-electron chi connectivity index (χ3n) is 3.81. The van der Waals surface area contributed by atoms with Crippen LogP contribution < -0.4 is 10.2 Å². The molecule has 0 aliphatic rings. The Morgan fingerprint density at radius 1 is 1.32 bits per heavy atom. The van der Waals surface area contributed by atoms with Gasteiger partial charge in [-0.2, -0.15) is 0 Å². The first-order chi connectivity index (χ1) is 11.6. The van der Waals surface area contributed by atoms with Crippen LogP contribution in [0.3, 0.4) is 0 Å². The normalized spacial score (nSPS) is 11.4. The number of hydrogen-bond donors (Lipinski definition) is 1. The van der Waals surface area contributed by atoms with Crippen molar-refractivity contribution >= 4 is 27.4 Å². The van der Waals surface area contributed by atoms with Gasteiger partial charge in [0.1, 0.15) is 0 Å². The minimum absolute atomic E-state index is 0.227. The highest BCUT2D eigenvalue weighted by Gasteiger charge is 2.25. The lowest BCUT2D eigenvalue weighted by atomic mass is 10.0. The maximum Gasteiger partial charge on any atom is 0.258 e. The summed E-state index contributed by atoms with van der Waals surface area (Å²) < 4.78 is 25.8. The van der Waals surface area contributed by atoms with E-state index in [2.05, 4.69) is 20.8 Å². The summed E-state index contributed by atoms with van der Waals surface area (Å²) in [6, 6.07) is 1.58. The number of anilines is 2. The molecule has 25 heavy (non-hydrogen) atoms. The highest BCUT2D eigenvalue weighted by Crippen LogP contribution is 2.33. The minimum atomic E-state index is -3.44. The van der Waals surface area contributed by atoms with E-state index in [9.17, 15) is 13.2 Å². The molecular weight excluding hydrogens is 344 g/mol. The second-order valence-electron chi connectivity index (χ2n) is 5.98. The number of rotatable bonds is 5. The monoisotopic (exact) mass is 366 g/mol. The molecule has 0 saturated carbocycles. The van der Waals surface area contributed by atoms with E-state index in [1.165, 1.54) is 4.68 Å². The van der Waals surface area contributed by atoms with Crippen LogP contribution in [0, 0.1) is 13.8 Å². The zero-order valence-corrected chi connectivity index (χ0v) is 16.0. The van der Waals surface area contributed by atoms with Crippen molar-refractivity contribution in [3.63, 3.8) is 0 Å². The van der Waals surface area contributed by atoms with Gasteiger partial charge in [0.25, 0.3) is 5.91 Å². The number of hydrogen-bond acceptors (Lipinski definition) is 7. The molecule has 1 amide bonds. The molecule has 9 nitrogen and oxygen atoms in total. The van der Waals surface area contributed by atoms with E-state index in [0.717, 1.165) is 6.26 Å². The third kappa shape index (κ3) is 3.63. The Kier molecular flexibility index (Phi) is 5.12. The zero-order chi connectivity index (χ0) is 18.9. The van der Waals surface area contributed by atoms with Crippen molar-refractivity contribution in [3.05, 3.63) is 22.8 Å². The smallest absolute Gasteiger partial charge is 0.258 e. The number of sulfone groups is 1. The van der Waals surface area contributed by atoms with Crippen LogP contribution in [0.15, 0.2) is 11.0 Å². The molecule has 0 bridgehead atoms. The predicted molar refractivity (Wildman–Crippen MR) is 94.8 cm³/mol. The van der Waals surface area contributed by atoms with Crippen molar-refractivity contribution in [1.29, 1.82) is 0 Å². The molecule has 1 N–H and O–H groups in total. The van der Waals surface area contributed by atoms with Crippen molar-refractivity contribution in [2.24, 2.45) is 0 Å². The van der Waals surface area contributed by atoms with Gasteiger partial charge in [-0.25, -0.2) is 13.1 Å². The summed E-state index contributed by atoms with van der Waals surface area (Å²) >= 11 is 0. The highest BCUT2D eigenvalue weighted by atomic mass is 32.2. The Hall–Kier alpha value is -2.49. The van der Waals surface area contributed by atoms with Gasteiger partial charge in [-0.1, -0.05) is 5.10 Å². The number of benzene rings is 1. The predicted octanol–water partition coefficient (Wildman–Crippen LogP) is 1.03. The standard InChI is InChI=1S/C15H22N6O3S/c1-7-21-15(17-18-19-21)16-14(22)11-8-9(2)13(25(6,23)24)12(10(11)3)20(4)5/h8H,7H2,1-6H3,(H,16,17,19,22). The molecule has 2 aromatic rings. The van der Waals surface area contributed by atoms with Gasteiger partial charge in [-0.15, -0.1) is 0 Å². The summed E-state index contributed by atoms with van der Waals surface area (Å²) in [5.74, 6) is -0.156. The number of aromatic nitrogens is 4. The van der Waals surface area contributed by atoms with Gasteiger partial charge in [0.05, 0.1) is 10.6 Å². The van der Waals surface area contributed by atoms with Gasteiger partial charge in [-0.3, -0.25) is 10.1 Å². The average Bonchev–Trinajstić information content (AvgIpc) is 2.94. The highest BCUT2D eigenvalue weighted by molar-refractivity contribution is 7.91. The Balaban J connectivity index is 2.58. The number of amides is 1. The molecule has 0 aliphatic heterocycles. The van der Waals surface area contributed by atoms with Gasteiger partial charge in [0.2, 0.25) is 5.95 Å². The lowest BCUT2D eigenvalue weighted by Gasteiger charge is -2.23. The summed E-state index contributed by atoms with van der Waals surface area (Å²) in [6.45, 7) is 5.76. The van der Waals surface area contributed by atoms with Crippen molar-refractivity contribution in [2.45, 2.75) is 32.2 Å². The molecule has 0 atom stereocenters. The Morgan fingerprint density at radius 3 is 2.48 bits per heavy atom. The molecule has 0 aliphatic carbocycles. The molecule has 1 heterocycles. The summed E-state index contributed by atoms with van der Waals surface area (Å²) in [5.41, 5.74) is 1.96. The summed E-state index contributed by atoms with van der Waals surface area (Å²) in [7, 11) is 0.0470. The SMILES string of the molecule is CCn1nnnc1NC(=O)c1cc(C)c(S(C)(=O)=O)c(N(C)C)c1C. The van der Waals surface area contributed by atoms with Crippen molar-refractivity contribution in [2.75, 3.05) is 30.6 Å². The van der Waals surface area contributed by atoms with Crippen LogP contribution >= 0.6 is 0 Å². The van der Waals surface area contributed by atoms with E-state index >= 15 is 0 Å². The molecule has 1 aromatic carbocycles. The molecule has 0 fully saturated rings. The first kappa shape index (κ1) is 18.8. The number of nitrogens with zero attached hydrogens (tertiary/aromatic N) is 5. The van der Waals surface area contributed by atoms with E-state index in [1.807, 2.05) is 6.92 Å². The molecule has 0 radical (unpaired) electrons. The van der Waals surface area contributed by atoms with Gasteiger partial charge in [-0.05, 0) is 48.4 Å². The summed E-state index contributed by atoms with van der Waals surface area (Å²) in [4.78, 5) is 14.6. The molecule has 1 aromatic heterocycles. The maximum absolute atomic E-state index is 12.7. The van der Waals surface area contributed by atoms with Gasteiger partial charge in [0.15, 0.2) is 9.84 Å². The zero-order valence-electron chi connectivity index (χ0n) is 15.2. The van der Waals surface area contributed by atoms with E-state index in [-0.39, 0.29) is 10.8 Å². The molecule has 0 spiro atoms. The molecular formula is C15H22N6O3S. The van der Waals surface area contributed by atoms with Crippen molar-refractivity contribution in [3.8, 4) is 0 Å². The minimum Gasteiger partial charge on any atom is -0.376 e. The van der Waals surface area contributed by atoms with Crippen LogP contribution in [0.2, 0.25) is 0 Å². The second kappa shape index (κ2) is 6.79. The fraction of sp³-hybridized carbons (Fsp3) is 0.467. The van der Waals surface area contributed by atoms with Crippen LogP contribution in [-0.2, 0) is 16.4 Å². The van der Waals surface area contributed by atoms with E-state index < -0.39 is 15.7 Å². The summed E-state index contributed by atoms with van der Waals surface area (Å²) in [5, 5.41) is 13.8. The maximum atomic E-state index is 12.7. The molecule has 10 heteroatoms. The van der Waals surface area contributed by atoms with Crippen LogP contribution in [0.4, 0.5) is 11.6 Å². The van der Waals surface area contributed by atoms with Gasteiger partial charge < -0.3 is 4.90 Å². The molecule has 136 valence electrons. The number of carbonyl (C=O) groups excluding carboxylic acids is 1. The number of carbonyl (C=O) groups is 1. The van der Waals surface area contributed by atoms with E-state index in [0.29, 0.717) is 28.9 Å². The Labute approximate surface area is 146 Å². The fourth-order valence-electron chi connectivity index (χ4n) is 2.79. The molecule has 0 saturated heterocycles. The Morgan fingerprint density at radius 2 is 1.96 bits per heavy atom. The first-order valence-corrected chi connectivity index (χ1v) is 9.56.